The average Bonchev–Trinajstić information content (AvgIpc) is 2.78. The molecule has 0 bridgehead atoms. The number of hydrogen-bond acceptors (Lipinski definition) is 3. The molecule has 0 heterocycles. The van der Waals surface area contributed by atoms with Crippen molar-refractivity contribution < 1.29 is 14.0 Å². The third kappa shape index (κ3) is 6.16. The molecule has 166 valence electrons. The summed E-state index contributed by atoms with van der Waals surface area (Å²) in [6, 6.07) is 17.7. The first-order valence-corrected chi connectivity index (χ1v) is 11.2. The molecule has 0 aliphatic rings. The van der Waals surface area contributed by atoms with E-state index in [0.29, 0.717) is 45.8 Å². The van der Waals surface area contributed by atoms with E-state index in [1.807, 2.05) is 6.07 Å². The molecule has 8 heteroatoms. The zero-order valence-electron chi connectivity index (χ0n) is 17.2. The molecule has 3 rings (SSSR count). The van der Waals surface area contributed by atoms with Crippen LogP contribution in [0.25, 0.3) is 0 Å². The molecule has 0 aromatic heterocycles. The Hall–Kier alpha value is -2.74. The smallest absolute Gasteiger partial charge is 0.256 e. The number of nitrogens with one attached hydrogen (secondary N) is 1. The molecule has 3 N–H and O–H groups in total. The Bertz CT molecular complexity index is 1130. The highest BCUT2D eigenvalue weighted by Gasteiger charge is 2.18. The van der Waals surface area contributed by atoms with Gasteiger partial charge in [0.15, 0.2) is 0 Å². The van der Waals surface area contributed by atoms with Gasteiger partial charge in [-0.15, -0.1) is 0 Å². The molecule has 2 amide bonds. The van der Waals surface area contributed by atoms with Gasteiger partial charge in [0.05, 0.1) is 5.56 Å². The Morgan fingerprint density at radius 3 is 2.56 bits per heavy atom. The molecule has 0 radical (unpaired) electrons. The maximum absolute atomic E-state index is 13.6. The molecule has 5 nitrogen and oxygen atoms in total. The molecule has 3 aromatic rings. The number of carbonyl (C=O) groups excluding carboxylic acids is 2. The van der Waals surface area contributed by atoms with Gasteiger partial charge in [-0.1, -0.05) is 29.8 Å². The first-order chi connectivity index (χ1) is 15.4. The number of hydrogen-bond donors (Lipinski definition) is 2. The summed E-state index contributed by atoms with van der Waals surface area (Å²) >= 11 is 9.76. The van der Waals surface area contributed by atoms with Crippen LogP contribution in [-0.2, 0) is 6.54 Å². The highest BCUT2D eigenvalue weighted by molar-refractivity contribution is 9.10. The zero-order valence-corrected chi connectivity index (χ0v) is 19.5. The second-order valence-electron chi connectivity index (χ2n) is 7.12. The van der Waals surface area contributed by atoms with Crippen LogP contribution in [0.3, 0.4) is 0 Å². The number of nitrogens with two attached hydrogens (primary N) is 1. The van der Waals surface area contributed by atoms with Crippen LogP contribution in [0, 0.1) is 5.82 Å². The molecule has 0 saturated carbocycles. The second-order valence-corrected chi connectivity index (χ2v) is 8.38. The average molecular weight is 519 g/mol. The summed E-state index contributed by atoms with van der Waals surface area (Å²) in [6.07, 6.45) is 0.580. The molecular weight excluding hydrogens is 497 g/mol. The van der Waals surface area contributed by atoms with Gasteiger partial charge in [-0.3, -0.25) is 9.59 Å². The van der Waals surface area contributed by atoms with E-state index in [-0.39, 0.29) is 23.9 Å². The van der Waals surface area contributed by atoms with Crippen molar-refractivity contribution in [3.05, 3.63) is 98.7 Å². The monoisotopic (exact) mass is 517 g/mol. The van der Waals surface area contributed by atoms with E-state index in [1.54, 1.807) is 47.4 Å². The van der Waals surface area contributed by atoms with E-state index in [1.165, 1.54) is 18.2 Å². The summed E-state index contributed by atoms with van der Waals surface area (Å²) in [6.45, 7) is 0.978. The summed E-state index contributed by atoms with van der Waals surface area (Å²) in [5, 5.41) is 3.30. The highest BCUT2D eigenvalue weighted by atomic mass is 79.9. The number of halogens is 3. The summed E-state index contributed by atoms with van der Waals surface area (Å²) in [5.74, 6) is -1.08. The van der Waals surface area contributed by atoms with Crippen LogP contribution in [0.2, 0.25) is 5.02 Å². The first-order valence-electron chi connectivity index (χ1n) is 9.98. The van der Waals surface area contributed by atoms with E-state index in [0.717, 1.165) is 0 Å². The van der Waals surface area contributed by atoms with Gasteiger partial charge in [0.25, 0.3) is 11.8 Å². The Labute approximate surface area is 199 Å². The molecule has 0 aliphatic heterocycles. The second kappa shape index (κ2) is 11.2. The quantitative estimate of drug-likeness (QED) is 0.414. The van der Waals surface area contributed by atoms with Gasteiger partial charge in [-0.05, 0) is 83.0 Å². The fourth-order valence-corrected chi connectivity index (χ4v) is 3.80. The van der Waals surface area contributed by atoms with Crippen molar-refractivity contribution in [2.75, 3.05) is 18.4 Å². The summed E-state index contributed by atoms with van der Waals surface area (Å²) < 4.78 is 14.3. The van der Waals surface area contributed by atoms with E-state index < -0.39 is 5.82 Å². The Morgan fingerprint density at radius 1 is 1.06 bits per heavy atom. The minimum atomic E-state index is -0.482. The molecule has 32 heavy (non-hydrogen) atoms. The maximum Gasteiger partial charge on any atom is 0.256 e. The number of benzene rings is 3. The van der Waals surface area contributed by atoms with Crippen molar-refractivity contribution in [3.8, 4) is 0 Å². The largest absolute Gasteiger partial charge is 0.334 e. The lowest BCUT2D eigenvalue weighted by molar-refractivity contribution is 0.0741. The minimum absolute atomic E-state index is 0.187. The maximum atomic E-state index is 13.6. The van der Waals surface area contributed by atoms with Crippen LogP contribution in [0.1, 0.15) is 32.7 Å². The molecule has 3 aromatic carbocycles. The number of anilines is 1. The van der Waals surface area contributed by atoms with E-state index >= 15 is 0 Å². The van der Waals surface area contributed by atoms with E-state index in [2.05, 4.69) is 21.2 Å². The lowest BCUT2D eigenvalue weighted by atomic mass is 10.1. The van der Waals surface area contributed by atoms with Crippen molar-refractivity contribution in [1.29, 1.82) is 0 Å². The normalized spacial score (nSPS) is 10.6. The fraction of sp³-hybridized carbons (Fsp3) is 0.167. The van der Waals surface area contributed by atoms with Crippen LogP contribution in [0.5, 0.6) is 0 Å². The molecule has 0 aliphatic carbocycles. The van der Waals surface area contributed by atoms with E-state index in [4.69, 9.17) is 17.3 Å². The Balaban J connectivity index is 1.82. The van der Waals surface area contributed by atoms with Gasteiger partial charge in [0, 0.05) is 33.8 Å². The predicted octanol–water partition coefficient (Wildman–Crippen LogP) is 5.49. The van der Waals surface area contributed by atoms with Gasteiger partial charge in [0.1, 0.15) is 5.82 Å². The van der Waals surface area contributed by atoms with Gasteiger partial charge in [-0.2, -0.15) is 0 Å². The summed E-state index contributed by atoms with van der Waals surface area (Å²) in [7, 11) is 0. The Kier molecular flexibility index (Phi) is 8.39. The highest BCUT2D eigenvalue weighted by Crippen LogP contribution is 2.25. The number of carbonyl (C=O) groups is 2. The first kappa shape index (κ1) is 23.9. The SMILES string of the molecule is NCCCN(Cc1cc(NC(=O)c2ccccc2Br)ccc1Cl)C(=O)c1cccc(F)c1. The van der Waals surface area contributed by atoms with Gasteiger partial charge >= 0.3 is 0 Å². The van der Waals surface area contributed by atoms with Crippen LogP contribution in [-0.4, -0.2) is 29.8 Å². The number of nitrogens with zero attached hydrogens (tertiary/aromatic N) is 1. The van der Waals surface area contributed by atoms with Gasteiger partial charge in [-0.25, -0.2) is 4.39 Å². The van der Waals surface area contributed by atoms with Crippen molar-refractivity contribution >= 4 is 45.0 Å². The lowest BCUT2D eigenvalue weighted by Crippen LogP contribution is -2.32. The van der Waals surface area contributed by atoms with Crippen molar-refractivity contribution in [2.45, 2.75) is 13.0 Å². The van der Waals surface area contributed by atoms with E-state index in [9.17, 15) is 14.0 Å². The predicted molar refractivity (Wildman–Crippen MR) is 128 cm³/mol. The molecule has 0 saturated heterocycles. The lowest BCUT2D eigenvalue weighted by Gasteiger charge is -2.24. The molecular formula is C24H22BrClFN3O2. The molecule has 0 fully saturated rings. The number of rotatable bonds is 8. The standard InChI is InChI=1S/C24H22BrClFN3O2/c25-21-8-2-1-7-20(21)23(31)29-19-9-10-22(26)17(14-19)15-30(12-4-11-28)24(32)16-5-3-6-18(27)13-16/h1-3,5-10,13-14H,4,11-12,15,28H2,(H,29,31). The zero-order chi connectivity index (χ0) is 23.1. The van der Waals surface area contributed by atoms with Crippen LogP contribution in [0.15, 0.2) is 71.2 Å². The van der Waals surface area contributed by atoms with Crippen LogP contribution in [0.4, 0.5) is 10.1 Å². The Morgan fingerprint density at radius 2 is 1.84 bits per heavy atom. The van der Waals surface area contributed by atoms with Crippen LogP contribution < -0.4 is 11.1 Å². The molecule has 0 atom stereocenters. The van der Waals surface area contributed by atoms with Crippen molar-refractivity contribution in [3.63, 3.8) is 0 Å². The third-order valence-electron chi connectivity index (χ3n) is 4.77. The molecule has 0 spiro atoms. The number of amides is 2. The van der Waals surface area contributed by atoms with Crippen molar-refractivity contribution in [2.24, 2.45) is 5.73 Å². The summed E-state index contributed by atoms with van der Waals surface area (Å²) in [5.41, 5.74) is 7.57. The minimum Gasteiger partial charge on any atom is -0.334 e. The third-order valence-corrected chi connectivity index (χ3v) is 5.83. The molecule has 0 unspecified atom stereocenters. The topological polar surface area (TPSA) is 75.4 Å². The van der Waals surface area contributed by atoms with Crippen molar-refractivity contribution in [1.82, 2.24) is 4.90 Å². The summed E-state index contributed by atoms with van der Waals surface area (Å²) in [4.78, 5) is 27.2. The van der Waals surface area contributed by atoms with Gasteiger partial charge in [0.2, 0.25) is 0 Å². The van der Waals surface area contributed by atoms with Gasteiger partial charge < -0.3 is 16.0 Å². The fourth-order valence-electron chi connectivity index (χ4n) is 3.16. The van der Waals surface area contributed by atoms with Crippen LogP contribution >= 0.6 is 27.5 Å².